The maximum absolute atomic E-state index is 12.1. The molecule has 114 valence electrons. The van der Waals surface area contributed by atoms with Gasteiger partial charge in [-0.15, -0.1) is 0 Å². The van der Waals surface area contributed by atoms with E-state index in [-0.39, 0.29) is 17.7 Å². The molecule has 5 heteroatoms. The summed E-state index contributed by atoms with van der Waals surface area (Å²) in [7, 11) is 0. The van der Waals surface area contributed by atoms with Gasteiger partial charge in [0.15, 0.2) is 0 Å². The molecule has 0 bridgehead atoms. The van der Waals surface area contributed by atoms with Crippen LogP contribution in [0.3, 0.4) is 0 Å². The largest absolute Gasteiger partial charge is 0.356 e. The Labute approximate surface area is 134 Å². The Morgan fingerprint density at radius 1 is 1.38 bits per heavy atom. The Morgan fingerprint density at radius 3 is 2.67 bits per heavy atom. The summed E-state index contributed by atoms with van der Waals surface area (Å²) in [6, 6.07) is 7.58. The summed E-state index contributed by atoms with van der Waals surface area (Å²) < 4.78 is 0.973. The molecule has 1 N–H and O–H groups in total. The Hall–Kier alpha value is -1.36. The molecule has 1 aromatic carbocycles. The van der Waals surface area contributed by atoms with Gasteiger partial charge < -0.3 is 10.2 Å². The van der Waals surface area contributed by atoms with E-state index in [4.69, 9.17) is 0 Å². The summed E-state index contributed by atoms with van der Waals surface area (Å²) in [4.78, 5) is 25.9. The van der Waals surface area contributed by atoms with Crippen molar-refractivity contribution in [2.45, 2.75) is 26.7 Å². The van der Waals surface area contributed by atoms with E-state index in [1.807, 2.05) is 24.3 Å². The van der Waals surface area contributed by atoms with E-state index in [0.29, 0.717) is 25.4 Å². The second-order valence-electron chi connectivity index (χ2n) is 5.86. The maximum Gasteiger partial charge on any atom is 0.227 e. The molecular formula is C16H21BrN2O2. The monoisotopic (exact) mass is 352 g/mol. The zero-order valence-electron chi connectivity index (χ0n) is 12.4. The average molecular weight is 353 g/mol. The van der Waals surface area contributed by atoms with Crippen molar-refractivity contribution in [2.24, 2.45) is 11.8 Å². The predicted molar refractivity (Wildman–Crippen MR) is 87.1 cm³/mol. The van der Waals surface area contributed by atoms with Crippen LogP contribution in [-0.2, 0) is 9.59 Å². The molecule has 1 aliphatic rings. The van der Waals surface area contributed by atoms with Gasteiger partial charge in [0.2, 0.25) is 11.8 Å². The summed E-state index contributed by atoms with van der Waals surface area (Å²) >= 11 is 3.38. The van der Waals surface area contributed by atoms with Crippen LogP contribution in [0.4, 0.5) is 5.69 Å². The number of anilines is 1. The van der Waals surface area contributed by atoms with Gasteiger partial charge in [-0.1, -0.05) is 29.8 Å². The van der Waals surface area contributed by atoms with E-state index in [9.17, 15) is 9.59 Å². The topological polar surface area (TPSA) is 49.4 Å². The van der Waals surface area contributed by atoms with Gasteiger partial charge in [-0.05, 0) is 36.6 Å². The number of hydrogen-bond acceptors (Lipinski definition) is 2. The molecular weight excluding hydrogens is 332 g/mol. The Kier molecular flexibility index (Phi) is 5.39. The number of nitrogens with zero attached hydrogens (tertiary/aromatic N) is 1. The number of carbonyl (C=O) groups excluding carboxylic acids is 2. The van der Waals surface area contributed by atoms with Crippen LogP contribution in [0.15, 0.2) is 28.7 Å². The molecule has 1 atom stereocenters. The van der Waals surface area contributed by atoms with Crippen molar-refractivity contribution in [1.29, 1.82) is 0 Å². The van der Waals surface area contributed by atoms with Crippen molar-refractivity contribution in [3.8, 4) is 0 Å². The van der Waals surface area contributed by atoms with Crippen molar-refractivity contribution in [3.05, 3.63) is 28.7 Å². The first-order valence-corrected chi connectivity index (χ1v) is 8.10. The molecule has 1 aromatic rings. The summed E-state index contributed by atoms with van der Waals surface area (Å²) in [6.45, 7) is 5.40. The highest BCUT2D eigenvalue weighted by Gasteiger charge is 2.34. The fraction of sp³-hybridized carbons (Fsp3) is 0.500. The van der Waals surface area contributed by atoms with Crippen LogP contribution in [0.1, 0.15) is 26.7 Å². The van der Waals surface area contributed by atoms with E-state index in [1.54, 1.807) is 4.90 Å². The number of benzene rings is 1. The minimum atomic E-state index is -0.242. The zero-order chi connectivity index (χ0) is 15.4. The Bertz CT molecular complexity index is 514. The maximum atomic E-state index is 12.1. The van der Waals surface area contributed by atoms with Crippen molar-refractivity contribution in [3.63, 3.8) is 0 Å². The number of amides is 2. The first-order valence-electron chi connectivity index (χ1n) is 7.31. The van der Waals surface area contributed by atoms with Crippen LogP contribution >= 0.6 is 15.9 Å². The van der Waals surface area contributed by atoms with Gasteiger partial charge in [0, 0.05) is 29.7 Å². The van der Waals surface area contributed by atoms with Crippen LogP contribution < -0.4 is 10.2 Å². The number of hydrogen-bond donors (Lipinski definition) is 1. The number of rotatable bonds is 5. The van der Waals surface area contributed by atoms with Crippen LogP contribution in [0, 0.1) is 11.8 Å². The Balaban J connectivity index is 1.93. The lowest BCUT2D eigenvalue weighted by atomic mass is 10.1. The SMILES string of the molecule is CC(C)CCNC(=O)C1CC(=O)N(c2ccc(Br)cc2)C1. The fourth-order valence-corrected chi connectivity index (χ4v) is 2.65. The van der Waals surface area contributed by atoms with E-state index in [2.05, 4.69) is 35.1 Å². The second kappa shape index (κ2) is 7.07. The normalized spacial score (nSPS) is 18.4. The van der Waals surface area contributed by atoms with Gasteiger partial charge in [0.05, 0.1) is 5.92 Å². The molecule has 21 heavy (non-hydrogen) atoms. The number of nitrogens with one attached hydrogen (secondary N) is 1. The molecule has 1 heterocycles. The van der Waals surface area contributed by atoms with Gasteiger partial charge in [-0.2, -0.15) is 0 Å². The third-order valence-electron chi connectivity index (χ3n) is 3.66. The van der Waals surface area contributed by atoms with Gasteiger partial charge in [-0.3, -0.25) is 9.59 Å². The van der Waals surface area contributed by atoms with Gasteiger partial charge in [0.1, 0.15) is 0 Å². The molecule has 2 amide bonds. The molecule has 1 unspecified atom stereocenters. The highest BCUT2D eigenvalue weighted by atomic mass is 79.9. The van der Waals surface area contributed by atoms with Crippen LogP contribution in [0.2, 0.25) is 0 Å². The average Bonchev–Trinajstić information content (AvgIpc) is 2.81. The highest BCUT2D eigenvalue weighted by molar-refractivity contribution is 9.10. The minimum absolute atomic E-state index is 0.0105. The van der Waals surface area contributed by atoms with Crippen LogP contribution in [0.25, 0.3) is 0 Å². The molecule has 2 rings (SSSR count). The van der Waals surface area contributed by atoms with Crippen molar-refractivity contribution in [2.75, 3.05) is 18.0 Å². The minimum Gasteiger partial charge on any atom is -0.356 e. The molecule has 0 saturated carbocycles. The fourth-order valence-electron chi connectivity index (χ4n) is 2.38. The third-order valence-corrected chi connectivity index (χ3v) is 4.18. The molecule has 0 aromatic heterocycles. The quantitative estimate of drug-likeness (QED) is 0.885. The van der Waals surface area contributed by atoms with E-state index in [1.165, 1.54) is 0 Å². The first-order chi connectivity index (χ1) is 9.97. The molecule has 0 radical (unpaired) electrons. The number of carbonyl (C=O) groups is 2. The van der Waals surface area contributed by atoms with Crippen LogP contribution in [-0.4, -0.2) is 24.9 Å². The summed E-state index contributed by atoms with van der Waals surface area (Å²) in [5.74, 6) is 0.327. The predicted octanol–water partition coefficient (Wildman–Crippen LogP) is 2.96. The summed E-state index contributed by atoms with van der Waals surface area (Å²) in [6.07, 6.45) is 1.26. The van der Waals surface area contributed by atoms with Gasteiger partial charge in [0.25, 0.3) is 0 Å². The van der Waals surface area contributed by atoms with E-state index in [0.717, 1.165) is 16.6 Å². The van der Waals surface area contributed by atoms with Gasteiger partial charge >= 0.3 is 0 Å². The lowest BCUT2D eigenvalue weighted by Crippen LogP contribution is -2.33. The summed E-state index contributed by atoms with van der Waals surface area (Å²) in [5.41, 5.74) is 0.848. The van der Waals surface area contributed by atoms with Crippen molar-refractivity contribution in [1.82, 2.24) is 5.32 Å². The third kappa shape index (κ3) is 4.30. The Morgan fingerprint density at radius 2 is 2.05 bits per heavy atom. The number of halogens is 1. The zero-order valence-corrected chi connectivity index (χ0v) is 14.0. The molecule has 4 nitrogen and oxygen atoms in total. The molecule has 0 aliphatic carbocycles. The van der Waals surface area contributed by atoms with Crippen LogP contribution in [0.5, 0.6) is 0 Å². The molecule has 1 fully saturated rings. The second-order valence-corrected chi connectivity index (χ2v) is 6.77. The summed E-state index contributed by atoms with van der Waals surface area (Å²) in [5, 5.41) is 2.93. The van der Waals surface area contributed by atoms with E-state index < -0.39 is 0 Å². The van der Waals surface area contributed by atoms with Gasteiger partial charge in [-0.25, -0.2) is 0 Å². The lowest BCUT2D eigenvalue weighted by Gasteiger charge is -2.17. The van der Waals surface area contributed by atoms with E-state index >= 15 is 0 Å². The molecule has 0 spiro atoms. The van der Waals surface area contributed by atoms with Crippen molar-refractivity contribution < 1.29 is 9.59 Å². The lowest BCUT2D eigenvalue weighted by molar-refractivity contribution is -0.126. The first kappa shape index (κ1) is 16.0. The molecule has 1 aliphatic heterocycles. The van der Waals surface area contributed by atoms with Crippen molar-refractivity contribution >= 4 is 33.4 Å². The highest BCUT2D eigenvalue weighted by Crippen LogP contribution is 2.26. The molecule has 1 saturated heterocycles. The standard InChI is InChI=1S/C16H21BrN2O2/c1-11(2)7-8-18-16(21)12-9-15(20)19(10-12)14-5-3-13(17)4-6-14/h3-6,11-12H,7-10H2,1-2H3,(H,18,21). The smallest absolute Gasteiger partial charge is 0.227 e.